The maximum Gasteiger partial charge on any atom is 0.224 e. The highest BCUT2D eigenvalue weighted by atomic mass is 16.1. The fourth-order valence-corrected chi connectivity index (χ4v) is 2.94. The second-order valence-electron chi connectivity index (χ2n) is 5.76. The van der Waals surface area contributed by atoms with Crippen LogP contribution in [0.1, 0.15) is 58.8 Å². The predicted octanol–water partition coefficient (Wildman–Crippen LogP) is 2.69. The van der Waals surface area contributed by atoms with Crippen molar-refractivity contribution < 1.29 is 4.79 Å². The lowest BCUT2D eigenvalue weighted by Crippen LogP contribution is -2.38. The van der Waals surface area contributed by atoms with Gasteiger partial charge in [0.25, 0.3) is 0 Å². The number of hydrogen-bond acceptors (Lipinski definition) is 2. The second kappa shape index (κ2) is 8.52. The van der Waals surface area contributed by atoms with E-state index in [1.165, 1.54) is 32.1 Å². The molecule has 0 spiro atoms. The van der Waals surface area contributed by atoms with Crippen molar-refractivity contribution in [3.05, 3.63) is 0 Å². The SMILES string of the molecule is CCCC(CN)C(=O)NCC1CCC(CC)CC1. The van der Waals surface area contributed by atoms with Crippen LogP contribution < -0.4 is 11.1 Å². The van der Waals surface area contributed by atoms with E-state index in [0.29, 0.717) is 12.5 Å². The molecule has 1 atom stereocenters. The van der Waals surface area contributed by atoms with Gasteiger partial charge < -0.3 is 11.1 Å². The smallest absolute Gasteiger partial charge is 0.224 e. The summed E-state index contributed by atoms with van der Waals surface area (Å²) in [5, 5.41) is 3.10. The number of hydrogen-bond donors (Lipinski definition) is 2. The van der Waals surface area contributed by atoms with Crippen LogP contribution in [0, 0.1) is 17.8 Å². The van der Waals surface area contributed by atoms with Crippen molar-refractivity contribution in [3.8, 4) is 0 Å². The van der Waals surface area contributed by atoms with Gasteiger partial charge in [0.05, 0.1) is 5.92 Å². The fraction of sp³-hybridized carbons (Fsp3) is 0.933. The van der Waals surface area contributed by atoms with Crippen LogP contribution in [0.3, 0.4) is 0 Å². The van der Waals surface area contributed by atoms with Gasteiger partial charge in [0.1, 0.15) is 0 Å². The molecule has 0 saturated heterocycles. The van der Waals surface area contributed by atoms with Gasteiger partial charge in [-0.1, -0.05) is 39.5 Å². The normalized spacial score (nSPS) is 25.7. The highest BCUT2D eigenvalue weighted by Crippen LogP contribution is 2.30. The van der Waals surface area contributed by atoms with Gasteiger partial charge in [0.15, 0.2) is 0 Å². The molecule has 1 fully saturated rings. The zero-order valence-corrected chi connectivity index (χ0v) is 12.1. The Morgan fingerprint density at radius 3 is 2.33 bits per heavy atom. The molecule has 1 aliphatic carbocycles. The lowest BCUT2D eigenvalue weighted by Gasteiger charge is -2.28. The average molecular weight is 254 g/mol. The minimum Gasteiger partial charge on any atom is -0.356 e. The third kappa shape index (κ3) is 4.97. The molecule has 0 bridgehead atoms. The van der Waals surface area contributed by atoms with Crippen molar-refractivity contribution in [3.63, 3.8) is 0 Å². The highest BCUT2D eigenvalue weighted by Gasteiger charge is 2.21. The van der Waals surface area contributed by atoms with Gasteiger partial charge >= 0.3 is 0 Å². The standard InChI is InChI=1S/C15H30N2O/c1-3-5-14(10-16)15(18)17-11-13-8-6-12(4-2)7-9-13/h12-14H,3-11,16H2,1-2H3,(H,17,18). The van der Waals surface area contributed by atoms with E-state index < -0.39 is 0 Å². The van der Waals surface area contributed by atoms with Crippen molar-refractivity contribution in [2.24, 2.45) is 23.5 Å². The monoisotopic (exact) mass is 254 g/mol. The van der Waals surface area contributed by atoms with Crippen LogP contribution in [0.25, 0.3) is 0 Å². The molecule has 3 heteroatoms. The summed E-state index contributed by atoms with van der Waals surface area (Å²) in [6, 6.07) is 0. The Hall–Kier alpha value is -0.570. The number of nitrogens with two attached hydrogens (primary N) is 1. The summed E-state index contributed by atoms with van der Waals surface area (Å²) in [5.74, 6) is 1.80. The minimum atomic E-state index is 0.0157. The number of nitrogens with one attached hydrogen (secondary N) is 1. The minimum absolute atomic E-state index is 0.0157. The molecule has 0 aliphatic heterocycles. The summed E-state index contributed by atoms with van der Waals surface area (Å²) < 4.78 is 0. The van der Waals surface area contributed by atoms with E-state index in [4.69, 9.17) is 5.73 Å². The van der Waals surface area contributed by atoms with Gasteiger partial charge in [0.2, 0.25) is 5.91 Å². The van der Waals surface area contributed by atoms with Crippen LogP contribution in [0.15, 0.2) is 0 Å². The molecular formula is C15H30N2O. The lowest BCUT2D eigenvalue weighted by atomic mass is 9.81. The molecule has 3 nitrogen and oxygen atoms in total. The van der Waals surface area contributed by atoms with Gasteiger partial charge in [-0.15, -0.1) is 0 Å². The summed E-state index contributed by atoms with van der Waals surface area (Å²) in [7, 11) is 0. The maximum absolute atomic E-state index is 11.9. The Morgan fingerprint density at radius 1 is 1.22 bits per heavy atom. The fourth-order valence-electron chi connectivity index (χ4n) is 2.94. The van der Waals surface area contributed by atoms with Crippen molar-refractivity contribution in [2.45, 2.75) is 58.8 Å². The molecule has 0 radical (unpaired) electrons. The van der Waals surface area contributed by atoms with Crippen LogP contribution in [0.4, 0.5) is 0 Å². The van der Waals surface area contributed by atoms with Gasteiger partial charge in [-0.25, -0.2) is 0 Å². The summed E-state index contributed by atoms with van der Waals surface area (Å²) >= 11 is 0. The molecule has 0 aromatic rings. The highest BCUT2D eigenvalue weighted by molar-refractivity contribution is 5.78. The molecule has 1 unspecified atom stereocenters. The maximum atomic E-state index is 11.9. The molecule has 1 rings (SSSR count). The molecule has 1 amide bonds. The number of carbonyl (C=O) groups excluding carboxylic acids is 1. The van der Waals surface area contributed by atoms with E-state index in [-0.39, 0.29) is 11.8 Å². The zero-order chi connectivity index (χ0) is 13.4. The van der Waals surface area contributed by atoms with Gasteiger partial charge in [-0.05, 0) is 31.1 Å². The molecule has 0 heterocycles. The summed E-state index contributed by atoms with van der Waals surface area (Å²) in [6.07, 6.45) is 8.48. The summed E-state index contributed by atoms with van der Waals surface area (Å²) in [6.45, 7) is 5.71. The molecule has 1 saturated carbocycles. The van der Waals surface area contributed by atoms with E-state index >= 15 is 0 Å². The lowest BCUT2D eigenvalue weighted by molar-refractivity contribution is -0.125. The van der Waals surface area contributed by atoms with E-state index in [1.54, 1.807) is 0 Å². The Kier molecular flexibility index (Phi) is 7.33. The van der Waals surface area contributed by atoms with E-state index in [0.717, 1.165) is 25.3 Å². The first-order valence-electron chi connectivity index (χ1n) is 7.68. The number of amides is 1. The van der Waals surface area contributed by atoms with Gasteiger partial charge in [-0.2, -0.15) is 0 Å². The molecule has 0 aromatic heterocycles. The molecule has 3 N–H and O–H groups in total. The second-order valence-corrected chi connectivity index (χ2v) is 5.76. The van der Waals surface area contributed by atoms with E-state index in [1.807, 2.05) is 0 Å². The van der Waals surface area contributed by atoms with Crippen LogP contribution in [0.2, 0.25) is 0 Å². The third-order valence-corrected chi connectivity index (χ3v) is 4.40. The van der Waals surface area contributed by atoms with Crippen molar-refractivity contribution >= 4 is 5.91 Å². The molecule has 18 heavy (non-hydrogen) atoms. The molecule has 106 valence electrons. The van der Waals surface area contributed by atoms with Crippen LogP contribution >= 0.6 is 0 Å². The molecule has 0 aromatic carbocycles. The predicted molar refractivity (Wildman–Crippen MR) is 76.2 cm³/mol. The average Bonchev–Trinajstić information content (AvgIpc) is 2.42. The zero-order valence-electron chi connectivity index (χ0n) is 12.1. The summed E-state index contributed by atoms with van der Waals surface area (Å²) in [4.78, 5) is 11.9. The Bertz CT molecular complexity index is 235. The Labute approximate surface area is 112 Å². The van der Waals surface area contributed by atoms with Crippen LogP contribution in [-0.4, -0.2) is 19.0 Å². The number of rotatable bonds is 7. The third-order valence-electron chi connectivity index (χ3n) is 4.40. The molecular weight excluding hydrogens is 224 g/mol. The van der Waals surface area contributed by atoms with Crippen LogP contribution in [-0.2, 0) is 4.79 Å². The first-order chi connectivity index (χ1) is 8.71. The summed E-state index contributed by atoms with van der Waals surface area (Å²) in [5.41, 5.74) is 5.64. The first kappa shape index (κ1) is 15.5. The Morgan fingerprint density at radius 2 is 1.83 bits per heavy atom. The van der Waals surface area contributed by atoms with Crippen LogP contribution in [0.5, 0.6) is 0 Å². The van der Waals surface area contributed by atoms with Gasteiger partial charge in [0, 0.05) is 13.1 Å². The van der Waals surface area contributed by atoms with Gasteiger partial charge in [-0.3, -0.25) is 4.79 Å². The van der Waals surface area contributed by atoms with E-state index in [2.05, 4.69) is 19.2 Å². The topological polar surface area (TPSA) is 55.1 Å². The number of carbonyl (C=O) groups is 1. The first-order valence-corrected chi connectivity index (χ1v) is 7.68. The quantitative estimate of drug-likeness (QED) is 0.734. The van der Waals surface area contributed by atoms with Crippen molar-refractivity contribution in [2.75, 3.05) is 13.1 Å². The van der Waals surface area contributed by atoms with E-state index in [9.17, 15) is 4.79 Å². The molecule has 1 aliphatic rings. The van der Waals surface area contributed by atoms with Crippen molar-refractivity contribution in [1.29, 1.82) is 0 Å². The van der Waals surface area contributed by atoms with Crippen molar-refractivity contribution in [1.82, 2.24) is 5.32 Å². The Balaban J connectivity index is 2.22. The largest absolute Gasteiger partial charge is 0.356 e.